The number of anilines is 2. The molecule has 0 aliphatic rings. The second kappa shape index (κ2) is 8.87. The smallest absolute Gasteiger partial charge is 0.340 e. The van der Waals surface area contributed by atoms with Crippen molar-refractivity contribution in [3.63, 3.8) is 0 Å². The fraction of sp³-hybridized carbons (Fsp3) is 0.227. The second-order valence-electron chi connectivity index (χ2n) is 6.78. The van der Waals surface area contributed by atoms with Gasteiger partial charge in [-0.3, -0.25) is 9.78 Å². The molecule has 7 heteroatoms. The topological polar surface area (TPSA) is 71.5 Å². The zero-order chi connectivity index (χ0) is 21.0. The van der Waals surface area contributed by atoms with Gasteiger partial charge in [-0.05, 0) is 61.7 Å². The van der Waals surface area contributed by atoms with E-state index in [2.05, 4.69) is 10.3 Å². The van der Waals surface area contributed by atoms with Crippen molar-refractivity contribution in [1.82, 2.24) is 4.98 Å². The third kappa shape index (κ3) is 5.00. The lowest BCUT2D eigenvalue weighted by Gasteiger charge is -2.16. The van der Waals surface area contributed by atoms with Gasteiger partial charge >= 0.3 is 5.97 Å². The SMILES string of the molecule is Cc1nc(-c2cccs2)ccc1C(=O)OC(C)C(=O)Nc1ccc(N(C)C)cc1. The summed E-state index contributed by atoms with van der Waals surface area (Å²) in [5.74, 6) is -0.963. The Hall–Kier alpha value is -3.19. The maximum Gasteiger partial charge on any atom is 0.340 e. The predicted molar refractivity (Wildman–Crippen MR) is 117 cm³/mol. The Morgan fingerprint density at radius 2 is 1.83 bits per heavy atom. The number of amides is 1. The lowest BCUT2D eigenvalue weighted by Crippen LogP contribution is -2.30. The summed E-state index contributed by atoms with van der Waals surface area (Å²) in [6.45, 7) is 3.30. The Labute approximate surface area is 174 Å². The molecule has 0 saturated carbocycles. The van der Waals surface area contributed by atoms with Gasteiger partial charge in [0.15, 0.2) is 6.10 Å². The molecule has 150 valence electrons. The molecule has 0 aliphatic carbocycles. The molecule has 2 heterocycles. The summed E-state index contributed by atoms with van der Waals surface area (Å²) < 4.78 is 5.35. The van der Waals surface area contributed by atoms with Gasteiger partial charge in [-0.2, -0.15) is 0 Å². The van der Waals surface area contributed by atoms with E-state index in [0.29, 0.717) is 16.9 Å². The van der Waals surface area contributed by atoms with Gasteiger partial charge in [0.25, 0.3) is 5.91 Å². The van der Waals surface area contributed by atoms with Crippen LogP contribution in [0.4, 0.5) is 11.4 Å². The zero-order valence-electron chi connectivity index (χ0n) is 16.8. The molecule has 2 aromatic heterocycles. The van der Waals surface area contributed by atoms with Crippen LogP contribution in [0.15, 0.2) is 53.9 Å². The van der Waals surface area contributed by atoms with Crippen molar-refractivity contribution in [2.24, 2.45) is 0 Å². The molecule has 1 unspecified atom stereocenters. The van der Waals surface area contributed by atoms with E-state index in [9.17, 15) is 9.59 Å². The number of aromatic nitrogens is 1. The maximum atomic E-state index is 12.5. The molecule has 0 spiro atoms. The highest BCUT2D eigenvalue weighted by Gasteiger charge is 2.21. The number of rotatable bonds is 6. The predicted octanol–water partition coefficient (Wildman–Crippen LogP) is 4.37. The minimum atomic E-state index is -0.938. The van der Waals surface area contributed by atoms with Crippen molar-refractivity contribution < 1.29 is 14.3 Å². The van der Waals surface area contributed by atoms with E-state index in [0.717, 1.165) is 16.3 Å². The molecular weight excluding hydrogens is 386 g/mol. The first-order valence-electron chi connectivity index (χ1n) is 9.16. The number of pyridine rings is 1. The number of thiophene rings is 1. The third-order valence-corrected chi connectivity index (χ3v) is 5.28. The molecule has 0 saturated heterocycles. The zero-order valence-corrected chi connectivity index (χ0v) is 17.6. The van der Waals surface area contributed by atoms with E-state index in [1.807, 2.05) is 48.6 Å². The number of benzene rings is 1. The molecule has 0 fully saturated rings. The van der Waals surface area contributed by atoms with Crippen LogP contribution in [0.2, 0.25) is 0 Å². The highest BCUT2D eigenvalue weighted by Crippen LogP contribution is 2.24. The van der Waals surface area contributed by atoms with E-state index >= 15 is 0 Å². The van der Waals surface area contributed by atoms with Gasteiger partial charge in [-0.15, -0.1) is 11.3 Å². The van der Waals surface area contributed by atoms with Crippen LogP contribution < -0.4 is 10.2 Å². The first-order valence-corrected chi connectivity index (χ1v) is 10.0. The van der Waals surface area contributed by atoms with Gasteiger partial charge < -0.3 is 15.0 Å². The largest absolute Gasteiger partial charge is 0.449 e. The minimum absolute atomic E-state index is 0.347. The molecule has 29 heavy (non-hydrogen) atoms. The molecular formula is C22H23N3O3S. The fourth-order valence-electron chi connectivity index (χ4n) is 2.70. The van der Waals surface area contributed by atoms with Crippen molar-refractivity contribution in [3.8, 4) is 10.6 Å². The number of hydrogen-bond acceptors (Lipinski definition) is 6. The Balaban J connectivity index is 1.63. The average molecular weight is 410 g/mol. The van der Waals surface area contributed by atoms with Crippen LogP contribution in [0.3, 0.4) is 0 Å². The normalized spacial score (nSPS) is 11.6. The first-order chi connectivity index (χ1) is 13.8. The van der Waals surface area contributed by atoms with E-state index in [1.165, 1.54) is 0 Å². The first kappa shape index (κ1) is 20.5. The summed E-state index contributed by atoms with van der Waals surface area (Å²) in [5, 5.41) is 4.73. The van der Waals surface area contributed by atoms with Gasteiger partial charge in [0, 0.05) is 25.5 Å². The summed E-state index contributed by atoms with van der Waals surface area (Å²) in [6.07, 6.45) is -0.938. The van der Waals surface area contributed by atoms with Crippen LogP contribution in [-0.2, 0) is 9.53 Å². The number of nitrogens with one attached hydrogen (secondary N) is 1. The molecule has 0 radical (unpaired) electrons. The standard InChI is InChI=1S/C22H23N3O3S/c1-14-18(11-12-19(23-14)20-6-5-13-29-20)22(27)28-15(2)21(26)24-16-7-9-17(10-8-16)25(3)4/h5-13,15H,1-4H3,(H,24,26). The minimum Gasteiger partial charge on any atom is -0.449 e. The summed E-state index contributed by atoms with van der Waals surface area (Å²) in [5.41, 5.74) is 3.38. The molecule has 3 aromatic rings. The number of nitrogens with zero attached hydrogens (tertiary/aromatic N) is 2. The third-order valence-electron chi connectivity index (χ3n) is 4.38. The van der Waals surface area contributed by atoms with Crippen LogP contribution in [0.25, 0.3) is 10.6 Å². The maximum absolute atomic E-state index is 12.5. The van der Waals surface area contributed by atoms with E-state index in [-0.39, 0.29) is 0 Å². The van der Waals surface area contributed by atoms with E-state index in [1.54, 1.807) is 49.4 Å². The Morgan fingerprint density at radius 3 is 2.41 bits per heavy atom. The highest BCUT2D eigenvalue weighted by molar-refractivity contribution is 7.13. The Kier molecular flexibility index (Phi) is 6.29. The molecule has 1 aromatic carbocycles. The molecule has 1 N–H and O–H groups in total. The quantitative estimate of drug-likeness (QED) is 0.612. The summed E-state index contributed by atoms with van der Waals surface area (Å²) in [4.78, 5) is 32.4. The molecule has 0 aliphatic heterocycles. The molecule has 3 rings (SSSR count). The highest BCUT2D eigenvalue weighted by atomic mass is 32.1. The fourth-order valence-corrected chi connectivity index (χ4v) is 3.40. The van der Waals surface area contributed by atoms with Crippen molar-refractivity contribution in [2.45, 2.75) is 20.0 Å². The van der Waals surface area contributed by atoms with Crippen LogP contribution in [0, 0.1) is 6.92 Å². The molecule has 0 bridgehead atoms. The lowest BCUT2D eigenvalue weighted by molar-refractivity contribution is -0.123. The van der Waals surface area contributed by atoms with Crippen molar-refractivity contribution in [2.75, 3.05) is 24.3 Å². The van der Waals surface area contributed by atoms with Gasteiger partial charge in [0.1, 0.15) is 0 Å². The number of ether oxygens (including phenoxy) is 1. The molecule has 1 amide bonds. The second-order valence-corrected chi connectivity index (χ2v) is 7.73. The number of aryl methyl sites for hydroxylation is 1. The van der Waals surface area contributed by atoms with E-state index in [4.69, 9.17) is 4.74 Å². The average Bonchev–Trinajstić information content (AvgIpc) is 3.23. The monoisotopic (exact) mass is 409 g/mol. The number of carbonyl (C=O) groups excluding carboxylic acids is 2. The Bertz CT molecular complexity index is 999. The Morgan fingerprint density at radius 1 is 1.10 bits per heavy atom. The van der Waals surface area contributed by atoms with Crippen LogP contribution in [0.5, 0.6) is 0 Å². The molecule has 1 atom stereocenters. The summed E-state index contributed by atoms with van der Waals surface area (Å²) >= 11 is 1.58. The van der Waals surface area contributed by atoms with Crippen molar-refractivity contribution >= 4 is 34.6 Å². The van der Waals surface area contributed by atoms with Crippen LogP contribution >= 0.6 is 11.3 Å². The van der Waals surface area contributed by atoms with Gasteiger partial charge in [-0.25, -0.2) is 4.79 Å². The molecule has 6 nitrogen and oxygen atoms in total. The lowest BCUT2D eigenvalue weighted by atomic mass is 10.1. The number of hydrogen-bond donors (Lipinski definition) is 1. The summed E-state index contributed by atoms with van der Waals surface area (Å²) in [6, 6.07) is 14.8. The van der Waals surface area contributed by atoms with Gasteiger partial charge in [0.2, 0.25) is 0 Å². The van der Waals surface area contributed by atoms with Gasteiger partial charge in [0.05, 0.1) is 21.8 Å². The van der Waals surface area contributed by atoms with Gasteiger partial charge in [-0.1, -0.05) is 6.07 Å². The number of carbonyl (C=O) groups is 2. The van der Waals surface area contributed by atoms with Crippen LogP contribution in [0.1, 0.15) is 23.0 Å². The van der Waals surface area contributed by atoms with Crippen molar-refractivity contribution in [1.29, 1.82) is 0 Å². The van der Waals surface area contributed by atoms with Crippen molar-refractivity contribution in [3.05, 3.63) is 65.2 Å². The number of esters is 1. The summed E-state index contributed by atoms with van der Waals surface area (Å²) in [7, 11) is 3.89. The van der Waals surface area contributed by atoms with Crippen LogP contribution in [-0.4, -0.2) is 37.1 Å². The van der Waals surface area contributed by atoms with E-state index < -0.39 is 18.0 Å².